The number of nitrogens with zero attached hydrogens (tertiary/aromatic N) is 1. The molecule has 2 aromatic heterocycles. The second-order valence-corrected chi connectivity index (χ2v) is 8.39. The van der Waals surface area contributed by atoms with Gasteiger partial charge in [-0.3, -0.25) is 4.79 Å². The molecule has 2 heterocycles. The molecule has 1 aliphatic rings. The summed E-state index contributed by atoms with van der Waals surface area (Å²) >= 11 is 1.32. The number of benzene rings is 1. The fraction of sp³-hybridized carbons (Fsp3) is 0.318. The maximum absolute atomic E-state index is 12.8. The van der Waals surface area contributed by atoms with Crippen LogP contribution in [0, 0.1) is 5.92 Å². The number of amides is 1. The lowest BCUT2D eigenvalue weighted by molar-refractivity contribution is 0.0526. The summed E-state index contributed by atoms with van der Waals surface area (Å²) in [4.78, 5) is 30.6. The number of pyridine rings is 1. The Hall–Kier alpha value is -2.93. The number of ether oxygens (including phenoxy) is 1. The van der Waals surface area contributed by atoms with Crippen LogP contribution in [0.15, 0.2) is 30.3 Å². The van der Waals surface area contributed by atoms with Crippen LogP contribution in [0.3, 0.4) is 0 Å². The third kappa shape index (κ3) is 3.82. The molecule has 0 radical (unpaired) electrons. The van der Waals surface area contributed by atoms with Crippen molar-refractivity contribution in [3.05, 3.63) is 52.0 Å². The summed E-state index contributed by atoms with van der Waals surface area (Å²) in [6.45, 7) is 4.32. The first-order valence-corrected chi connectivity index (χ1v) is 10.6. The van der Waals surface area contributed by atoms with Gasteiger partial charge in [0.05, 0.1) is 17.9 Å². The Morgan fingerprint density at radius 1 is 1.31 bits per heavy atom. The van der Waals surface area contributed by atoms with Gasteiger partial charge in [0.2, 0.25) is 0 Å². The molecule has 0 aliphatic heterocycles. The average Bonchev–Trinajstić information content (AvgIpc) is 3.03. The first kappa shape index (κ1) is 19.4. The van der Waals surface area contributed by atoms with E-state index in [-0.39, 0.29) is 11.9 Å². The average molecular weight is 410 g/mol. The van der Waals surface area contributed by atoms with Crippen molar-refractivity contribution >= 4 is 44.8 Å². The zero-order valence-corrected chi connectivity index (χ0v) is 17.3. The SMILES string of the molecule is CCOC(=O)c1ccc(NC(=O)c2sc3nc4c(cc3c2N)CC(C)CC4)cc1. The number of rotatable bonds is 4. The van der Waals surface area contributed by atoms with Crippen molar-refractivity contribution in [3.8, 4) is 0 Å². The van der Waals surface area contributed by atoms with Gasteiger partial charge in [0, 0.05) is 16.8 Å². The van der Waals surface area contributed by atoms with E-state index in [1.165, 1.54) is 16.9 Å². The molecule has 1 unspecified atom stereocenters. The van der Waals surface area contributed by atoms with Crippen molar-refractivity contribution in [2.45, 2.75) is 33.1 Å². The van der Waals surface area contributed by atoms with Crippen molar-refractivity contribution in [3.63, 3.8) is 0 Å². The number of nitrogens with two attached hydrogens (primary N) is 1. The third-order valence-electron chi connectivity index (χ3n) is 5.19. The Labute approximate surface area is 173 Å². The van der Waals surface area contributed by atoms with E-state index in [0.29, 0.717) is 34.3 Å². The molecule has 1 aromatic carbocycles. The highest BCUT2D eigenvalue weighted by Crippen LogP contribution is 2.36. The first-order chi connectivity index (χ1) is 14.0. The number of nitrogen functional groups attached to an aromatic ring is 1. The molecule has 4 rings (SSSR count). The molecule has 0 saturated carbocycles. The summed E-state index contributed by atoms with van der Waals surface area (Å²) in [7, 11) is 0. The van der Waals surface area contributed by atoms with E-state index in [1.54, 1.807) is 31.2 Å². The number of anilines is 2. The van der Waals surface area contributed by atoms with Crippen molar-refractivity contribution in [1.82, 2.24) is 4.98 Å². The summed E-state index contributed by atoms with van der Waals surface area (Å²) in [5.74, 6) is -0.0221. The van der Waals surface area contributed by atoms with Crippen LogP contribution >= 0.6 is 11.3 Å². The number of aromatic nitrogens is 1. The Balaban J connectivity index is 1.57. The molecule has 150 valence electrons. The Morgan fingerprint density at radius 2 is 2.07 bits per heavy atom. The third-order valence-corrected chi connectivity index (χ3v) is 6.31. The normalized spacial score (nSPS) is 15.7. The highest BCUT2D eigenvalue weighted by Gasteiger charge is 2.22. The molecule has 0 fully saturated rings. The lowest BCUT2D eigenvalue weighted by Gasteiger charge is -2.20. The number of carbonyl (C=O) groups excluding carboxylic acids is 2. The lowest BCUT2D eigenvalue weighted by Crippen LogP contribution is -2.13. The number of thiophene rings is 1. The molecule has 0 saturated heterocycles. The number of nitrogens with one attached hydrogen (secondary N) is 1. The zero-order chi connectivity index (χ0) is 20.5. The number of carbonyl (C=O) groups is 2. The summed E-state index contributed by atoms with van der Waals surface area (Å²) in [5.41, 5.74) is 10.2. The van der Waals surface area contributed by atoms with Gasteiger partial charge < -0.3 is 15.8 Å². The quantitative estimate of drug-likeness (QED) is 0.622. The van der Waals surface area contributed by atoms with Gasteiger partial charge in [-0.05, 0) is 68.0 Å². The largest absolute Gasteiger partial charge is 0.462 e. The summed E-state index contributed by atoms with van der Waals surface area (Å²) in [6.07, 6.45) is 3.11. The zero-order valence-electron chi connectivity index (χ0n) is 16.5. The molecule has 6 nitrogen and oxygen atoms in total. The topological polar surface area (TPSA) is 94.3 Å². The molecular weight excluding hydrogens is 386 g/mol. The number of hydrogen-bond acceptors (Lipinski definition) is 6. The van der Waals surface area contributed by atoms with Crippen LogP contribution in [0.5, 0.6) is 0 Å². The van der Waals surface area contributed by atoms with Crippen LogP contribution in [0.25, 0.3) is 10.2 Å². The fourth-order valence-corrected chi connectivity index (χ4v) is 4.62. The highest BCUT2D eigenvalue weighted by molar-refractivity contribution is 7.21. The second kappa shape index (κ2) is 7.83. The van der Waals surface area contributed by atoms with E-state index >= 15 is 0 Å². The van der Waals surface area contributed by atoms with Gasteiger partial charge in [0.15, 0.2) is 0 Å². The van der Waals surface area contributed by atoms with E-state index in [2.05, 4.69) is 18.3 Å². The van der Waals surface area contributed by atoms with Crippen LogP contribution in [-0.2, 0) is 17.6 Å². The fourth-order valence-electron chi connectivity index (χ4n) is 3.63. The van der Waals surface area contributed by atoms with Crippen LogP contribution in [0.2, 0.25) is 0 Å². The van der Waals surface area contributed by atoms with E-state index in [4.69, 9.17) is 15.5 Å². The van der Waals surface area contributed by atoms with Gasteiger partial charge >= 0.3 is 5.97 Å². The lowest BCUT2D eigenvalue weighted by atomic mass is 9.87. The Morgan fingerprint density at radius 3 is 2.79 bits per heavy atom. The van der Waals surface area contributed by atoms with Gasteiger partial charge in [0.25, 0.3) is 5.91 Å². The first-order valence-electron chi connectivity index (χ1n) is 9.75. The predicted octanol–water partition coefficient (Wildman–Crippen LogP) is 4.43. The van der Waals surface area contributed by atoms with E-state index < -0.39 is 0 Å². The van der Waals surface area contributed by atoms with Crippen molar-refractivity contribution in [2.24, 2.45) is 5.92 Å². The van der Waals surface area contributed by atoms with Crippen LogP contribution in [0.4, 0.5) is 11.4 Å². The van der Waals surface area contributed by atoms with Crippen molar-refractivity contribution < 1.29 is 14.3 Å². The summed E-state index contributed by atoms with van der Waals surface area (Å²) in [6, 6.07) is 8.69. The van der Waals surface area contributed by atoms with E-state index in [0.717, 1.165) is 35.2 Å². The molecule has 1 aliphatic carbocycles. The molecule has 0 spiro atoms. The minimum atomic E-state index is -0.386. The summed E-state index contributed by atoms with van der Waals surface area (Å²) in [5, 5.41) is 3.70. The van der Waals surface area contributed by atoms with Crippen LogP contribution < -0.4 is 11.1 Å². The Kier molecular flexibility index (Phi) is 5.24. The van der Waals surface area contributed by atoms with Gasteiger partial charge in [0.1, 0.15) is 9.71 Å². The monoisotopic (exact) mass is 409 g/mol. The van der Waals surface area contributed by atoms with Gasteiger partial charge in [-0.2, -0.15) is 0 Å². The van der Waals surface area contributed by atoms with Crippen molar-refractivity contribution in [2.75, 3.05) is 17.7 Å². The van der Waals surface area contributed by atoms with Crippen molar-refractivity contribution in [1.29, 1.82) is 0 Å². The molecule has 1 amide bonds. The number of hydrogen-bond donors (Lipinski definition) is 2. The number of fused-ring (bicyclic) bond motifs is 2. The van der Waals surface area contributed by atoms with Gasteiger partial charge in [-0.1, -0.05) is 6.92 Å². The van der Waals surface area contributed by atoms with E-state index in [9.17, 15) is 9.59 Å². The minimum absolute atomic E-state index is 0.277. The van der Waals surface area contributed by atoms with Gasteiger partial charge in [-0.15, -0.1) is 11.3 Å². The van der Waals surface area contributed by atoms with E-state index in [1.807, 2.05) is 0 Å². The maximum atomic E-state index is 12.8. The minimum Gasteiger partial charge on any atom is -0.462 e. The number of aryl methyl sites for hydroxylation is 1. The maximum Gasteiger partial charge on any atom is 0.338 e. The summed E-state index contributed by atoms with van der Waals surface area (Å²) < 4.78 is 4.97. The molecule has 7 heteroatoms. The number of esters is 1. The Bertz CT molecular complexity index is 1090. The van der Waals surface area contributed by atoms with Crippen LogP contribution in [-0.4, -0.2) is 23.5 Å². The van der Waals surface area contributed by atoms with Gasteiger partial charge in [-0.25, -0.2) is 9.78 Å². The predicted molar refractivity (Wildman–Crippen MR) is 116 cm³/mol. The molecule has 0 bridgehead atoms. The molecular formula is C22H23N3O3S. The molecule has 3 aromatic rings. The smallest absolute Gasteiger partial charge is 0.338 e. The molecule has 3 N–H and O–H groups in total. The molecule has 1 atom stereocenters. The highest BCUT2D eigenvalue weighted by atomic mass is 32.1. The standard InChI is InChI=1S/C22H23N3O3S/c1-3-28-22(27)13-5-7-15(8-6-13)24-20(26)19-18(23)16-11-14-10-12(2)4-9-17(14)25-21(16)29-19/h5-8,11-12H,3-4,9-10,23H2,1-2H3,(H,24,26). The second-order valence-electron chi connectivity index (χ2n) is 7.39. The van der Waals surface area contributed by atoms with Crippen LogP contribution in [0.1, 0.15) is 51.6 Å². The molecule has 29 heavy (non-hydrogen) atoms.